The molecule has 0 amide bonds. The summed E-state index contributed by atoms with van der Waals surface area (Å²) in [6.45, 7) is 9.27. The highest BCUT2D eigenvalue weighted by molar-refractivity contribution is 5.95. The van der Waals surface area contributed by atoms with Crippen LogP contribution < -0.4 is 14.6 Å². The molecule has 0 bridgehead atoms. The van der Waals surface area contributed by atoms with Gasteiger partial charge in [-0.1, -0.05) is 27.7 Å². The van der Waals surface area contributed by atoms with Gasteiger partial charge in [-0.15, -0.1) is 0 Å². The van der Waals surface area contributed by atoms with Crippen LogP contribution in [0.3, 0.4) is 0 Å². The van der Waals surface area contributed by atoms with Crippen molar-refractivity contribution in [1.29, 1.82) is 0 Å². The topological polar surface area (TPSA) is 41.0 Å². The van der Waals surface area contributed by atoms with Crippen LogP contribution in [-0.2, 0) is 0 Å². The molecule has 0 aliphatic carbocycles. The maximum absolute atomic E-state index is 13.3. The summed E-state index contributed by atoms with van der Waals surface area (Å²) in [5, 5.41) is 5.42. The maximum Gasteiger partial charge on any atom is 0.431 e. The highest BCUT2D eigenvalue weighted by atomic mass is 19.4. The lowest BCUT2D eigenvalue weighted by atomic mass is 9.95. The van der Waals surface area contributed by atoms with Crippen molar-refractivity contribution >= 4 is 17.1 Å². The van der Waals surface area contributed by atoms with Gasteiger partial charge in [0, 0.05) is 38.0 Å². The average molecular weight is 463 g/mol. The van der Waals surface area contributed by atoms with Gasteiger partial charge < -0.3 is 9.64 Å². The number of nitrogens with zero attached hydrogens (tertiary/aromatic N) is 4. The zero-order chi connectivity index (χ0) is 24.0. The highest BCUT2D eigenvalue weighted by Gasteiger charge is 2.47. The Hall–Kier alpha value is -2.77. The molecule has 1 saturated heterocycles. The lowest BCUT2D eigenvalue weighted by Crippen LogP contribution is -2.38. The zero-order valence-corrected chi connectivity index (χ0v) is 19.7. The smallest absolute Gasteiger partial charge is 0.431 e. The number of hydrazone groups is 1. The third kappa shape index (κ3) is 5.78. The summed E-state index contributed by atoms with van der Waals surface area (Å²) in [4.78, 5) is 6.47. The van der Waals surface area contributed by atoms with Crippen molar-refractivity contribution < 1.29 is 17.9 Å². The first-order valence-corrected chi connectivity index (χ1v) is 11.7. The van der Waals surface area contributed by atoms with E-state index in [1.807, 2.05) is 45.2 Å². The molecule has 2 atom stereocenters. The molecular formula is C25H33F3N4O. The Morgan fingerprint density at radius 1 is 1.03 bits per heavy atom. The second-order valence-corrected chi connectivity index (χ2v) is 8.10. The molecule has 5 nitrogen and oxygen atoms in total. The van der Waals surface area contributed by atoms with E-state index in [9.17, 15) is 13.2 Å². The number of anilines is 2. The largest absolute Gasteiger partial charge is 0.490 e. The molecule has 0 saturated carbocycles. The van der Waals surface area contributed by atoms with Crippen LogP contribution in [0.25, 0.3) is 0 Å². The number of halogens is 3. The van der Waals surface area contributed by atoms with Gasteiger partial charge in [0.15, 0.2) is 0 Å². The molecule has 4 rings (SSSR count). The SMILES string of the molecule is CC.CC[C@H]1C(C)C(C(F)(F)F)=NN1c1ccc(OC2CCN(c3cccnc3)CC2)cc1. The summed E-state index contributed by atoms with van der Waals surface area (Å²) in [6.07, 6.45) is 1.73. The number of alkyl halides is 3. The van der Waals surface area contributed by atoms with Crippen LogP contribution >= 0.6 is 0 Å². The van der Waals surface area contributed by atoms with E-state index in [2.05, 4.69) is 21.1 Å². The minimum Gasteiger partial charge on any atom is -0.490 e. The van der Waals surface area contributed by atoms with Crippen LogP contribution in [0.5, 0.6) is 5.75 Å². The third-order valence-corrected chi connectivity index (χ3v) is 6.10. The lowest BCUT2D eigenvalue weighted by molar-refractivity contribution is -0.0620. The van der Waals surface area contributed by atoms with Gasteiger partial charge in [0.25, 0.3) is 0 Å². The third-order valence-electron chi connectivity index (χ3n) is 6.10. The minimum absolute atomic E-state index is 0.115. The lowest BCUT2D eigenvalue weighted by Gasteiger charge is -2.33. The standard InChI is InChI=1S/C23H27F3N4O.C2H6/c1-3-21-16(2)22(23(24,25)26)28-30(21)17-6-8-19(9-7-17)31-20-10-13-29(14-11-20)18-5-4-12-27-15-18;1-2/h4-9,12,15-16,20-21H,3,10-11,13-14H2,1-2H3;1-2H3/t16?,21-;/m0./s1. The monoisotopic (exact) mass is 462 g/mol. The number of hydrogen-bond donors (Lipinski definition) is 0. The molecule has 180 valence electrons. The van der Waals surface area contributed by atoms with Crippen LogP contribution in [0.15, 0.2) is 53.9 Å². The average Bonchev–Trinajstić information content (AvgIpc) is 3.18. The Labute approximate surface area is 194 Å². The van der Waals surface area contributed by atoms with Crippen LogP contribution in [0.2, 0.25) is 0 Å². The molecule has 0 radical (unpaired) electrons. The summed E-state index contributed by atoms with van der Waals surface area (Å²) in [6, 6.07) is 10.9. The Bertz CT molecular complexity index is 894. The van der Waals surface area contributed by atoms with E-state index in [4.69, 9.17) is 4.74 Å². The summed E-state index contributed by atoms with van der Waals surface area (Å²) in [5.41, 5.74) is 1.06. The first kappa shape index (κ1) is 24.9. The normalized spacial score (nSPS) is 21.4. The molecule has 0 spiro atoms. The van der Waals surface area contributed by atoms with Gasteiger partial charge in [0.1, 0.15) is 17.6 Å². The number of benzene rings is 1. The molecule has 0 N–H and O–H groups in total. The van der Waals surface area contributed by atoms with Crippen molar-refractivity contribution in [2.75, 3.05) is 23.0 Å². The Morgan fingerprint density at radius 2 is 1.70 bits per heavy atom. The second-order valence-electron chi connectivity index (χ2n) is 8.10. The molecule has 8 heteroatoms. The Kier molecular flexibility index (Phi) is 8.21. The van der Waals surface area contributed by atoms with Gasteiger partial charge in [-0.05, 0) is 42.8 Å². The fraction of sp³-hybridized carbons (Fsp3) is 0.520. The number of ether oxygens (including phenoxy) is 1. The Morgan fingerprint density at radius 3 is 2.24 bits per heavy atom. The number of aromatic nitrogens is 1. The highest BCUT2D eigenvalue weighted by Crippen LogP contribution is 2.36. The molecule has 2 aliphatic rings. The van der Waals surface area contributed by atoms with Crippen LogP contribution in [0, 0.1) is 5.92 Å². The quantitative estimate of drug-likeness (QED) is 0.522. The molecule has 33 heavy (non-hydrogen) atoms. The number of hydrogen-bond acceptors (Lipinski definition) is 5. The number of piperidine rings is 1. The first-order valence-electron chi connectivity index (χ1n) is 11.7. The van der Waals surface area contributed by atoms with Gasteiger partial charge in [0.05, 0.1) is 23.6 Å². The molecule has 1 aromatic heterocycles. The molecule has 2 aliphatic heterocycles. The van der Waals surface area contributed by atoms with Crippen molar-refractivity contribution in [2.45, 2.75) is 65.3 Å². The fourth-order valence-electron chi connectivity index (χ4n) is 4.41. The number of pyridine rings is 1. The Balaban J connectivity index is 0.00000149. The van der Waals surface area contributed by atoms with Crippen LogP contribution in [0.1, 0.15) is 47.0 Å². The van der Waals surface area contributed by atoms with E-state index in [0.717, 1.165) is 37.4 Å². The summed E-state index contributed by atoms with van der Waals surface area (Å²) in [7, 11) is 0. The molecule has 2 aromatic rings. The molecule has 1 unspecified atom stereocenters. The van der Waals surface area contributed by atoms with Crippen LogP contribution in [-0.4, -0.2) is 42.1 Å². The zero-order valence-electron chi connectivity index (χ0n) is 19.7. The van der Waals surface area contributed by atoms with E-state index >= 15 is 0 Å². The predicted octanol–water partition coefficient (Wildman–Crippen LogP) is 6.31. The first-order chi connectivity index (χ1) is 15.9. The van der Waals surface area contributed by atoms with E-state index in [1.54, 1.807) is 25.3 Å². The predicted molar refractivity (Wildman–Crippen MR) is 127 cm³/mol. The van der Waals surface area contributed by atoms with Gasteiger partial charge in [-0.2, -0.15) is 18.3 Å². The maximum atomic E-state index is 13.3. The van der Waals surface area contributed by atoms with Gasteiger partial charge >= 0.3 is 6.18 Å². The number of rotatable bonds is 5. The van der Waals surface area contributed by atoms with Gasteiger partial charge in [-0.3, -0.25) is 9.99 Å². The van der Waals surface area contributed by atoms with E-state index in [1.165, 1.54) is 5.01 Å². The fourth-order valence-corrected chi connectivity index (χ4v) is 4.41. The molecular weight excluding hydrogens is 429 g/mol. The second kappa shape index (κ2) is 10.9. The summed E-state index contributed by atoms with van der Waals surface area (Å²) in [5.74, 6) is 0.0646. The van der Waals surface area contributed by atoms with Gasteiger partial charge in [0.2, 0.25) is 0 Å². The van der Waals surface area contributed by atoms with E-state index in [0.29, 0.717) is 12.1 Å². The van der Waals surface area contributed by atoms with Crippen molar-refractivity contribution in [3.63, 3.8) is 0 Å². The van der Waals surface area contributed by atoms with Crippen molar-refractivity contribution in [1.82, 2.24) is 4.98 Å². The summed E-state index contributed by atoms with van der Waals surface area (Å²) < 4.78 is 46.0. The van der Waals surface area contributed by atoms with Crippen molar-refractivity contribution in [3.8, 4) is 5.75 Å². The van der Waals surface area contributed by atoms with Crippen molar-refractivity contribution in [3.05, 3.63) is 48.8 Å². The minimum atomic E-state index is -4.41. The van der Waals surface area contributed by atoms with Crippen LogP contribution in [0.4, 0.5) is 24.5 Å². The van der Waals surface area contributed by atoms with Crippen molar-refractivity contribution in [2.24, 2.45) is 11.0 Å². The van der Waals surface area contributed by atoms with E-state index in [-0.39, 0.29) is 12.1 Å². The molecule has 1 aromatic carbocycles. The molecule has 1 fully saturated rings. The van der Waals surface area contributed by atoms with Gasteiger partial charge in [-0.25, -0.2) is 0 Å². The summed E-state index contributed by atoms with van der Waals surface area (Å²) >= 11 is 0. The molecule has 3 heterocycles. The van der Waals surface area contributed by atoms with E-state index < -0.39 is 17.8 Å².